The van der Waals surface area contributed by atoms with Gasteiger partial charge in [0.1, 0.15) is 11.9 Å². The second-order valence-electron chi connectivity index (χ2n) is 4.99. The van der Waals surface area contributed by atoms with Crippen molar-refractivity contribution in [1.29, 1.82) is 0 Å². The molecule has 0 amide bonds. The molecule has 0 bridgehead atoms. The monoisotopic (exact) mass is 348 g/mol. The highest BCUT2D eigenvalue weighted by atomic mass is 35.5. The zero-order valence-electron chi connectivity index (χ0n) is 13.0. The second-order valence-corrected chi connectivity index (χ2v) is 5.97. The van der Waals surface area contributed by atoms with Gasteiger partial charge in [-0.15, -0.1) is 11.3 Å². The van der Waals surface area contributed by atoms with E-state index in [0.29, 0.717) is 0 Å². The lowest BCUT2D eigenvalue weighted by Gasteiger charge is -2.19. The highest BCUT2D eigenvalue weighted by Crippen LogP contribution is 2.32. The van der Waals surface area contributed by atoms with E-state index >= 15 is 0 Å². The van der Waals surface area contributed by atoms with Gasteiger partial charge in [-0.3, -0.25) is 0 Å². The molecule has 1 unspecified atom stereocenters. The maximum Gasteiger partial charge on any atom is 0.134 e. The maximum atomic E-state index is 6.34. The third-order valence-corrected chi connectivity index (χ3v) is 4.50. The van der Waals surface area contributed by atoms with E-state index in [4.69, 9.17) is 4.74 Å². The van der Waals surface area contributed by atoms with Gasteiger partial charge in [0.05, 0.1) is 0 Å². The Bertz CT molecular complexity index is 698. The molecule has 0 fully saturated rings. The van der Waals surface area contributed by atoms with Crippen LogP contribution in [0.2, 0.25) is 0 Å². The molecule has 3 N–H and O–H groups in total. The van der Waals surface area contributed by atoms with Crippen molar-refractivity contribution in [3.8, 4) is 5.75 Å². The summed E-state index contributed by atoms with van der Waals surface area (Å²) >= 11 is 5.89. The summed E-state index contributed by atoms with van der Waals surface area (Å²) in [6.45, 7) is 0.938. The molecular formula is C18H21ClN2OS. The van der Waals surface area contributed by atoms with Gasteiger partial charge in [0.15, 0.2) is 0 Å². The first-order chi connectivity index (χ1) is 11.4. The van der Waals surface area contributed by atoms with Crippen LogP contribution in [0.1, 0.15) is 17.4 Å². The summed E-state index contributed by atoms with van der Waals surface area (Å²) in [4.78, 5) is 1.28. The fourth-order valence-corrected chi connectivity index (χ4v) is 3.25. The molecule has 1 heterocycles. The topological polar surface area (TPSA) is 47.3 Å². The van der Waals surface area contributed by atoms with Gasteiger partial charge >= 0.3 is 0 Å². The van der Waals surface area contributed by atoms with Crippen LogP contribution in [0.25, 0.3) is 10.8 Å². The average molecular weight is 349 g/mol. The van der Waals surface area contributed by atoms with Crippen LogP contribution in [-0.2, 0) is 0 Å². The Labute approximate surface area is 146 Å². The Morgan fingerprint density at radius 1 is 1.09 bits per heavy atom. The van der Waals surface area contributed by atoms with Crippen molar-refractivity contribution in [2.75, 3.05) is 13.6 Å². The van der Waals surface area contributed by atoms with Gasteiger partial charge in [-0.05, 0) is 48.3 Å². The molecule has 122 valence electrons. The molecular weight excluding hydrogens is 328 g/mol. The van der Waals surface area contributed by atoms with E-state index in [1.807, 2.05) is 7.05 Å². The SMILES string of the molecule is CNCCC(Oc1cccc2ccccc12)c1cccs1.NCl. The number of nitrogens with two attached hydrogens (primary N) is 1. The maximum absolute atomic E-state index is 6.34. The normalized spacial score (nSPS) is 11.6. The number of hydrogen-bond donors (Lipinski definition) is 2. The van der Waals surface area contributed by atoms with E-state index in [1.165, 1.54) is 15.6 Å². The zero-order chi connectivity index (χ0) is 16.5. The minimum absolute atomic E-state index is 0.100. The Hall–Kier alpha value is -1.59. The Morgan fingerprint density at radius 2 is 1.87 bits per heavy atom. The Balaban J connectivity index is 0.000000924. The number of fused-ring (bicyclic) bond motifs is 1. The summed E-state index contributed by atoms with van der Waals surface area (Å²) in [5.74, 6) is 0.961. The molecule has 0 aliphatic rings. The van der Waals surface area contributed by atoms with E-state index in [1.54, 1.807) is 11.3 Å². The molecule has 0 aliphatic carbocycles. The summed E-state index contributed by atoms with van der Waals surface area (Å²) in [6, 6.07) is 18.8. The van der Waals surface area contributed by atoms with Crippen molar-refractivity contribution in [3.63, 3.8) is 0 Å². The van der Waals surface area contributed by atoms with E-state index in [2.05, 4.69) is 82.3 Å². The molecule has 0 saturated heterocycles. The first-order valence-electron chi connectivity index (χ1n) is 7.43. The molecule has 1 atom stereocenters. The predicted octanol–water partition coefficient (Wildman–Crippen LogP) is 4.73. The summed E-state index contributed by atoms with van der Waals surface area (Å²) in [6.07, 6.45) is 1.06. The van der Waals surface area contributed by atoms with Crippen LogP contribution in [0.5, 0.6) is 5.75 Å². The zero-order valence-corrected chi connectivity index (χ0v) is 14.6. The molecule has 0 radical (unpaired) electrons. The number of hydrogen-bond acceptors (Lipinski definition) is 4. The summed E-state index contributed by atoms with van der Waals surface area (Å²) in [5, 5.41) is 11.7. The van der Waals surface area contributed by atoms with Gasteiger partial charge in [0.25, 0.3) is 0 Å². The van der Waals surface area contributed by atoms with Gasteiger partial charge in [-0.25, -0.2) is 5.25 Å². The first kappa shape index (κ1) is 17.8. The number of halogens is 1. The van der Waals surface area contributed by atoms with E-state index in [0.717, 1.165) is 18.7 Å². The lowest BCUT2D eigenvalue weighted by molar-refractivity contribution is 0.201. The van der Waals surface area contributed by atoms with E-state index in [9.17, 15) is 0 Å². The fraction of sp³-hybridized carbons (Fsp3) is 0.222. The van der Waals surface area contributed by atoms with Crippen molar-refractivity contribution < 1.29 is 4.74 Å². The van der Waals surface area contributed by atoms with Crippen LogP contribution >= 0.6 is 23.1 Å². The van der Waals surface area contributed by atoms with Gasteiger partial charge in [-0.2, -0.15) is 0 Å². The molecule has 0 spiro atoms. The molecule has 5 heteroatoms. The van der Waals surface area contributed by atoms with E-state index < -0.39 is 0 Å². The quantitative estimate of drug-likeness (QED) is 0.633. The molecule has 0 aliphatic heterocycles. The predicted molar refractivity (Wildman–Crippen MR) is 100 cm³/mol. The summed E-state index contributed by atoms with van der Waals surface area (Å²) < 4.78 is 6.34. The number of ether oxygens (including phenoxy) is 1. The summed E-state index contributed by atoms with van der Waals surface area (Å²) in [7, 11) is 1.98. The lowest BCUT2D eigenvalue weighted by atomic mass is 10.1. The smallest absolute Gasteiger partial charge is 0.134 e. The minimum Gasteiger partial charge on any atom is -0.484 e. The van der Waals surface area contributed by atoms with Crippen LogP contribution < -0.4 is 15.3 Å². The molecule has 3 rings (SSSR count). The number of rotatable bonds is 6. The largest absolute Gasteiger partial charge is 0.484 e. The summed E-state index contributed by atoms with van der Waals surface area (Å²) in [5.41, 5.74) is 0. The van der Waals surface area contributed by atoms with Crippen LogP contribution in [0.4, 0.5) is 0 Å². The third kappa shape index (κ3) is 4.69. The lowest BCUT2D eigenvalue weighted by Crippen LogP contribution is -2.15. The van der Waals surface area contributed by atoms with Gasteiger partial charge in [0, 0.05) is 16.7 Å². The highest BCUT2D eigenvalue weighted by molar-refractivity contribution is 7.10. The Kier molecular flexibility index (Phi) is 7.36. The van der Waals surface area contributed by atoms with Crippen molar-refractivity contribution in [2.45, 2.75) is 12.5 Å². The minimum atomic E-state index is 0.100. The van der Waals surface area contributed by atoms with Crippen molar-refractivity contribution in [1.82, 2.24) is 5.32 Å². The van der Waals surface area contributed by atoms with E-state index in [-0.39, 0.29) is 6.10 Å². The Morgan fingerprint density at radius 3 is 2.61 bits per heavy atom. The molecule has 23 heavy (non-hydrogen) atoms. The molecule has 2 aromatic carbocycles. The van der Waals surface area contributed by atoms with Crippen molar-refractivity contribution in [2.24, 2.45) is 5.25 Å². The van der Waals surface area contributed by atoms with Crippen LogP contribution in [-0.4, -0.2) is 13.6 Å². The molecule has 0 saturated carbocycles. The second kappa shape index (κ2) is 9.53. The van der Waals surface area contributed by atoms with Crippen molar-refractivity contribution in [3.05, 3.63) is 64.9 Å². The number of thiophene rings is 1. The van der Waals surface area contributed by atoms with Crippen LogP contribution in [0.3, 0.4) is 0 Å². The molecule has 3 aromatic rings. The standard InChI is InChI=1S/C18H19NOS.ClH2N/c1-19-12-11-17(18-10-5-13-21-18)20-16-9-4-7-14-6-2-3-8-15(14)16;1-2/h2-10,13,17,19H,11-12H2,1H3;2H2. The number of nitrogens with one attached hydrogen (secondary N) is 1. The van der Waals surface area contributed by atoms with Crippen LogP contribution in [0.15, 0.2) is 60.0 Å². The average Bonchev–Trinajstić information content (AvgIpc) is 3.15. The molecule has 3 nitrogen and oxygen atoms in total. The third-order valence-electron chi connectivity index (χ3n) is 3.54. The molecule has 1 aromatic heterocycles. The van der Waals surface area contributed by atoms with Gasteiger partial charge < -0.3 is 10.1 Å². The number of benzene rings is 2. The van der Waals surface area contributed by atoms with Gasteiger partial charge in [-0.1, -0.05) is 42.5 Å². The fourth-order valence-electron chi connectivity index (χ4n) is 2.46. The highest BCUT2D eigenvalue weighted by Gasteiger charge is 2.15. The van der Waals surface area contributed by atoms with Crippen LogP contribution in [0, 0.1) is 0 Å². The first-order valence-corrected chi connectivity index (χ1v) is 8.74. The van der Waals surface area contributed by atoms with Gasteiger partial charge in [0.2, 0.25) is 0 Å². The van der Waals surface area contributed by atoms with Crippen molar-refractivity contribution >= 4 is 33.9 Å².